The number of carbonyl (C=O) groups is 1. The van der Waals surface area contributed by atoms with E-state index in [0.29, 0.717) is 6.54 Å². The zero-order valence-electron chi connectivity index (χ0n) is 11.6. The number of hydrogen-bond donors (Lipinski definition) is 1. The molecule has 1 aliphatic carbocycles. The Labute approximate surface area is 114 Å². The number of benzene rings is 1. The van der Waals surface area contributed by atoms with Crippen molar-refractivity contribution in [1.82, 2.24) is 4.90 Å². The van der Waals surface area contributed by atoms with E-state index in [1.807, 2.05) is 31.3 Å². The minimum atomic E-state index is -0.652. The number of methoxy groups -OCH3 is 1. The molecule has 104 valence electrons. The average molecular weight is 263 g/mol. The first-order chi connectivity index (χ1) is 9.05. The maximum atomic E-state index is 11.3. The van der Waals surface area contributed by atoms with Gasteiger partial charge in [-0.05, 0) is 37.6 Å². The van der Waals surface area contributed by atoms with Crippen molar-refractivity contribution in [1.29, 1.82) is 0 Å². The summed E-state index contributed by atoms with van der Waals surface area (Å²) in [6.07, 6.45) is 2.63. The van der Waals surface area contributed by atoms with Crippen molar-refractivity contribution in [2.45, 2.75) is 25.8 Å². The summed E-state index contributed by atoms with van der Waals surface area (Å²) in [6, 6.07) is 7.89. The van der Waals surface area contributed by atoms with E-state index in [4.69, 9.17) is 4.74 Å². The number of rotatable bonds is 6. The fourth-order valence-electron chi connectivity index (χ4n) is 2.66. The third kappa shape index (κ3) is 3.07. The second-order valence-electron chi connectivity index (χ2n) is 5.46. The Morgan fingerprint density at radius 2 is 2.00 bits per heavy atom. The highest BCUT2D eigenvalue weighted by molar-refractivity contribution is 5.76. The summed E-state index contributed by atoms with van der Waals surface area (Å²) >= 11 is 0. The first-order valence-corrected chi connectivity index (χ1v) is 6.61. The van der Waals surface area contributed by atoms with Crippen molar-refractivity contribution in [2.75, 3.05) is 20.7 Å². The molecule has 1 aromatic carbocycles. The Bertz CT molecular complexity index is 437. The van der Waals surface area contributed by atoms with Crippen LogP contribution in [0.1, 0.15) is 24.8 Å². The van der Waals surface area contributed by atoms with Crippen molar-refractivity contribution in [3.63, 3.8) is 0 Å². The minimum absolute atomic E-state index is 0.513. The van der Waals surface area contributed by atoms with Gasteiger partial charge in [-0.15, -0.1) is 0 Å². The molecule has 0 saturated heterocycles. The molecule has 4 nitrogen and oxygen atoms in total. The molecule has 1 fully saturated rings. The lowest BCUT2D eigenvalue weighted by Gasteiger charge is -2.40. The van der Waals surface area contributed by atoms with Crippen LogP contribution in [-0.2, 0) is 11.3 Å². The van der Waals surface area contributed by atoms with Crippen molar-refractivity contribution < 1.29 is 14.6 Å². The number of aliphatic carboxylic acids is 1. The molecule has 0 aliphatic heterocycles. The molecule has 4 heteroatoms. The molecule has 0 atom stereocenters. The van der Waals surface area contributed by atoms with Gasteiger partial charge in [0.25, 0.3) is 0 Å². The van der Waals surface area contributed by atoms with E-state index in [9.17, 15) is 9.90 Å². The van der Waals surface area contributed by atoms with Gasteiger partial charge in [0, 0.05) is 13.1 Å². The minimum Gasteiger partial charge on any atom is -0.497 e. The molecule has 0 bridgehead atoms. The lowest BCUT2D eigenvalue weighted by Crippen LogP contribution is -2.46. The summed E-state index contributed by atoms with van der Waals surface area (Å²) in [6.45, 7) is 1.38. The van der Waals surface area contributed by atoms with Gasteiger partial charge in [-0.3, -0.25) is 4.79 Å². The Morgan fingerprint density at radius 1 is 1.37 bits per heavy atom. The van der Waals surface area contributed by atoms with Gasteiger partial charge in [0.2, 0.25) is 0 Å². The third-order valence-corrected chi connectivity index (χ3v) is 3.95. The maximum Gasteiger partial charge on any atom is 0.310 e. The molecular formula is C15H21NO3. The standard InChI is InChI=1S/C15H21NO3/c1-16(11-15(14(17)18)8-3-9-15)10-12-4-6-13(19-2)7-5-12/h4-7H,3,8-11H2,1-2H3,(H,17,18). The number of carboxylic acids is 1. The maximum absolute atomic E-state index is 11.3. The zero-order chi connectivity index (χ0) is 13.9. The van der Waals surface area contributed by atoms with Crippen LogP contribution in [0.3, 0.4) is 0 Å². The number of hydrogen-bond acceptors (Lipinski definition) is 3. The predicted molar refractivity (Wildman–Crippen MR) is 73.2 cm³/mol. The highest BCUT2D eigenvalue weighted by atomic mass is 16.5. The lowest BCUT2D eigenvalue weighted by atomic mass is 9.68. The van der Waals surface area contributed by atoms with Gasteiger partial charge in [-0.1, -0.05) is 18.6 Å². The molecule has 1 aliphatic rings. The molecule has 1 saturated carbocycles. The van der Waals surface area contributed by atoms with Crippen LogP contribution in [0.2, 0.25) is 0 Å². The van der Waals surface area contributed by atoms with Crippen molar-refractivity contribution >= 4 is 5.97 Å². The summed E-state index contributed by atoms with van der Waals surface area (Å²) in [5, 5.41) is 9.32. The summed E-state index contributed by atoms with van der Waals surface area (Å²) in [5.41, 5.74) is 0.657. The fourth-order valence-corrected chi connectivity index (χ4v) is 2.66. The van der Waals surface area contributed by atoms with Crippen LogP contribution in [0.15, 0.2) is 24.3 Å². The van der Waals surface area contributed by atoms with Crippen molar-refractivity contribution in [3.05, 3.63) is 29.8 Å². The Kier molecular flexibility index (Phi) is 4.10. The molecular weight excluding hydrogens is 242 g/mol. The van der Waals surface area contributed by atoms with Crippen LogP contribution < -0.4 is 4.74 Å². The molecule has 0 heterocycles. The summed E-state index contributed by atoms with van der Waals surface area (Å²) in [4.78, 5) is 13.4. The predicted octanol–water partition coefficient (Wildman–Crippen LogP) is 2.38. The second-order valence-corrected chi connectivity index (χ2v) is 5.46. The SMILES string of the molecule is COc1ccc(CN(C)CC2(C(=O)O)CCC2)cc1. The van der Waals surface area contributed by atoms with Crippen LogP contribution in [0, 0.1) is 5.41 Å². The highest BCUT2D eigenvalue weighted by Crippen LogP contribution is 2.41. The highest BCUT2D eigenvalue weighted by Gasteiger charge is 2.44. The molecule has 0 spiro atoms. The van der Waals surface area contributed by atoms with Crippen LogP contribution in [0.25, 0.3) is 0 Å². The van der Waals surface area contributed by atoms with Crippen molar-refractivity contribution in [3.8, 4) is 5.75 Å². The van der Waals surface area contributed by atoms with Gasteiger partial charge in [-0.2, -0.15) is 0 Å². The van der Waals surface area contributed by atoms with Crippen LogP contribution in [0.5, 0.6) is 5.75 Å². The van der Waals surface area contributed by atoms with Gasteiger partial charge < -0.3 is 14.7 Å². The largest absolute Gasteiger partial charge is 0.497 e. The summed E-state index contributed by atoms with van der Waals surface area (Å²) in [5.74, 6) is 0.188. The average Bonchev–Trinajstić information content (AvgIpc) is 2.34. The number of carboxylic acid groups (broad SMARTS) is 1. The Balaban J connectivity index is 1.93. The van der Waals surface area contributed by atoms with Gasteiger partial charge in [0.15, 0.2) is 0 Å². The monoisotopic (exact) mass is 263 g/mol. The molecule has 1 aromatic rings. The van der Waals surface area contributed by atoms with Crippen LogP contribution >= 0.6 is 0 Å². The molecule has 19 heavy (non-hydrogen) atoms. The van der Waals surface area contributed by atoms with Crippen LogP contribution in [-0.4, -0.2) is 36.7 Å². The topological polar surface area (TPSA) is 49.8 Å². The van der Waals surface area contributed by atoms with Gasteiger partial charge in [0.1, 0.15) is 5.75 Å². The summed E-state index contributed by atoms with van der Waals surface area (Å²) in [7, 11) is 3.63. The van der Waals surface area contributed by atoms with Gasteiger partial charge in [-0.25, -0.2) is 0 Å². The molecule has 0 unspecified atom stereocenters. The van der Waals surface area contributed by atoms with Gasteiger partial charge in [0.05, 0.1) is 12.5 Å². The van der Waals surface area contributed by atoms with E-state index in [0.717, 1.165) is 31.6 Å². The van der Waals surface area contributed by atoms with Crippen LogP contribution in [0.4, 0.5) is 0 Å². The van der Waals surface area contributed by atoms with E-state index >= 15 is 0 Å². The Morgan fingerprint density at radius 3 is 2.42 bits per heavy atom. The van der Waals surface area contributed by atoms with Crippen molar-refractivity contribution in [2.24, 2.45) is 5.41 Å². The lowest BCUT2D eigenvalue weighted by molar-refractivity contribution is -0.156. The number of ether oxygens (including phenoxy) is 1. The first-order valence-electron chi connectivity index (χ1n) is 6.61. The van der Waals surface area contributed by atoms with E-state index < -0.39 is 11.4 Å². The quantitative estimate of drug-likeness (QED) is 0.856. The smallest absolute Gasteiger partial charge is 0.310 e. The first kappa shape index (κ1) is 13.9. The second kappa shape index (κ2) is 5.61. The van der Waals surface area contributed by atoms with Gasteiger partial charge >= 0.3 is 5.97 Å². The van der Waals surface area contributed by atoms with E-state index in [1.165, 1.54) is 5.56 Å². The molecule has 2 rings (SSSR count). The normalized spacial score (nSPS) is 17.0. The van der Waals surface area contributed by atoms with E-state index in [1.54, 1.807) is 7.11 Å². The van der Waals surface area contributed by atoms with E-state index in [-0.39, 0.29) is 0 Å². The third-order valence-electron chi connectivity index (χ3n) is 3.95. The summed E-state index contributed by atoms with van der Waals surface area (Å²) < 4.78 is 5.12. The Hall–Kier alpha value is -1.55. The molecule has 0 amide bonds. The molecule has 1 N–H and O–H groups in total. The molecule has 0 aromatic heterocycles. The van der Waals surface area contributed by atoms with E-state index in [2.05, 4.69) is 4.90 Å². The number of nitrogens with zero attached hydrogens (tertiary/aromatic N) is 1. The fraction of sp³-hybridized carbons (Fsp3) is 0.533. The molecule has 0 radical (unpaired) electrons. The zero-order valence-corrected chi connectivity index (χ0v) is 11.6.